The number of amides is 2. The van der Waals surface area contributed by atoms with Crippen molar-refractivity contribution in [2.75, 3.05) is 38.6 Å². The number of hydrogen-bond donors (Lipinski definition) is 4. The minimum Gasteiger partial charge on any atom is -0.389 e. The maximum atomic E-state index is 11.9. The van der Waals surface area contributed by atoms with Gasteiger partial charge >= 0.3 is 6.03 Å². The third kappa shape index (κ3) is 5.15. The first-order valence-electron chi connectivity index (χ1n) is 8.96. The monoisotopic (exact) mass is 348 g/mol. The number of aliphatic hydroxyl groups excluding tert-OH is 1. The van der Waals surface area contributed by atoms with Crippen LogP contribution in [0.3, 0.4) is 0 Å². The average molecular weight is 348 g/mol. The molecule has 25 heavy (non-hydrogen) atoms. The van der Waals surface area contributed by atoms with Crippen LogP contribution in [0.25, 0.3) is 0 Å². The number of ether oxygens (including phenoxy) is 1. The standard InChI is InChI=1S/C18H28N4O3/c1-22-9-7-14(8-10-22)20-15-12-25-16(17(15)23)11-19-18(24)21-13-5-3-2-4-6-13/h2-6,14-17,20,23H,7-12H2,1H3,(H2,19,21,24)/t15-,16-,17+/m1/s1. The van der Waals surface area contributed by atoms with Crippen LogP contribution in [0, 0.1) is 0 Å². The highest BCUT2D eigenvalue weighted by atomic mass is 16.5. The minimum absolute atomic E-state index is 0.0719. The smallest absolute Gasteiger partial charge is 0.319 e. The quantitative estimate of drug-likeness (QED) is 0.627. The van der Waals surface area contributed by atoms with Gasteiger partial charge in [0.25, 0.3) is 0 Å². The first-order chi connectivity index (χ1) is 12.1. The normalized spacial score (nSPS) is 28.0. The zero-order valence-electron chi connectivity index (χ0n) is 14.6. The molecule has 0 saturated carbocycles. The molecule has 0 aromatic heterocycles. The Kier molecular flexibility index (Phi) is 6.25. The van der Waals surface area contributed by atoms with E-state index in [1.807, 2.05) is 30.3 Å². The molecule has 0 unspecified atom stereocenters. The Balaban J connectivity index is 1.39. The van der Waals surface area contributed by atoms with Crippen molar-refractivity contribution in [3.8, 4) is 0 Å². The van der Waals surface area contributed by atoms with Crippen molar-refractivity contribution in [1.29, 1.82) is 0 Å². The summed E-state index contributed by atoms with van der Waals surface area (Å²) in [7, 11) is 2.13. The van der Waals surface area contributed by atoms with Gasteiger partial charge in [-0.25, -0.2) is 4.79 Å². The van der Waals surface area contributed by atoms with Crippen LogP contribution in [0.4, 0.5) is 10.5 Å². The van der Waals surface area contributed by atoms with Crippen molar-refractivity contribution < 1.29 is 14.6 Å². The Morgan fingerprint density at radius 2 is 2.00 bits per heavy atom. The van der Waals surface area contributed by atoms with Crippen LogP contribution < -0.4 is 16.0 Å². The van der Waals surface area contributed by atoms with E-state index in [4.69, 9.17) is 4.74 Å². The number of carbonyl (C=O) groups excluding carboxylic acids is 1. The van der Waals surface area contributed by atoms with Gasteiger partial charge < -0.3 is 30.7 Å². The van der Waals surface area contributed by atoms with Gasteiger partial charge in [-0.2, -0.15) is 0 Å². The largest absolute Gasteiger partial charge is 0.389 e. The lowest BCUT2D eigenvalue weighted by molar-refractivity contribution is 0.0422. The van der Waals surface area contributed by atoms with Crippen molar-refractivity contribution in [2.24, 2.45) is 0 Å². The second-order valence-corrected chi connectivity index (χ2v) is 6.91. The van der Waals surface area contributed by atoms with Crippen LogP contribution in [0.2, 0.25) is 0 Å². The fraction of sp³-hybridized carbons (Fsp3) is 0.611. The third-order valence-corrected chi connectivity index (χ3v) is 4.95. The predicted molar refractivity (Wildman–Crippen MR) is 96.7 cm³/mol. The highest BCUT2D eigenvalue weighted by Gasteiger charge is 2.37. The molecule has 1 aromatic rings. The first-order valence-corrected chi connectivity index (χ1v) is 8.96. The van der Waals surface area contributed by atoms with E-state index in [0.29, 0.717) is 12.6 Å². The van der Waals surface area contributed by atoms with Gasteiger partial charge in [0.1, 0.15) is 6.10 Å². The number of para-hydroxylation sites is 1. The van der Waals surface area contributed by atoms with E-state index in [1.54, 1.807) is 0 Å². The van der Waals surface area contributed by atoms with Crippen LogP contribution in [-0.2, 0) is 4.74 Å². The molecule has 0 spiro atoms. The van der Waals surface area contributed by atoms with Gasteiger partial charge in [0.05, 0.1) is 18.8 Å². The Bertz CT molecular complexity index is 549. The van der Waals surface area contributed by atoms with E-state index >= 15 is 0 Å². The molecule has 0 aliphatic carbocycles. The molecule has 4 N–H and O–H groups in total. The van der Waals surface area contributed by atoms with Gasteiger partial charge in [0, 0.05) is 18.3 Å². The molecule has 2 aliphatic rings. The summed E-state index contributed by atoms with van der Waals surface area (Å²) >= 11 is 0. The molecule has 2 heterocycles. The van der Waals surface area contributed by atoms with Gasteiger partial charge in [-0.15, -0.1) is 0 Å². The molecule has 1 aromatic carbocycles. The summed E-state index contributed by atoms with van der Waals surface area (Å²) in [5.74, 6) is 0. The number of nitrogens with zero attached hydrogens (tertiary/aromatic N) is 1. The number of piperidine rings is 1. The molecular formula is C18H28N4O3. The molecule has 3 rings (SSSR count). The number of aliphatic hydroxyl groups is 1. The first kappa shape index (κ1) is 18.1. The maximum absolute atomic E-state index is 11.9. The highest BCUT2D eigenvalue weighted by Crippen LogP contribution is 2.17. The Morgan fingerprint density at radius 3 is 2.72 bits per heavy atom. The zero-order valence-corrected chi connectivity index (χ0v) is 14.6. The topological polar surface area (TPSA) is 85.9 Å². The van der Waals surface area contributed by atoms with E-state index in [2.05, 4.69) is 27.9 Å². The zero-order chi connectivity index (χ0) is 17.6. The summed E-state index contributed by atoms with van der Waals surface area (Å²) in [4.78, 5) is 14.2. The fourth-order valence-corrected chi connectivity index (χ4v) is 3.38. The van der Waals surface area contributed by atoms with Crippen molar-refractivity contribution in [1.82, 2.24) is 15.5 Å². The molecule has 0 radical (unpaired) electrons. The van der Waals surface area contributed by atoms with Gasteiger partial charge in [0.15, 0.2) is 0 Å². The van der Waals surface area contributed by atoms with Crippen molar-refractivity contribution in [2.45, 2.75) is 37.1 Å². The molecule has 7 heteroatoms. The number of anilines is 1. The van der Waals surface area contributed by atoms with E-state index in [1.165, 1.54) is 0 Å². The third-order valence-electron chi connectivity index (χ3n) is 4.95. The molecule has 138 valence electrons. The Labute approximate surface area is 148 Å². The van der Waals surface area contributed by atoms with Crippen molar-refractivity contribution >= 4 is 11.7 Å². The van der Waals surface area contributed by atoms with Crippen LogP contribution in [0.5, 0.6) is 0 Å². The molecular weight excluding hydrogens is 320 g/mol. The second kappa shape index (κ2) is 8.62. The minimum atomic E-state index is -0.614. The van der Waals surface area contributed by atoms with Crippen LogP contribution in [0.15, 0.2) is 30.3 Å². The summed E-state index contributed by atoms with van der Waals surface area (Å²) in [6.07, 6.45) is 1.17. The van der Waals surface area contributed by atoms with E-state index in [-0.39, 0.29) is 24.7 Å². The van der Waals surface area contributed by atoms with Gasteiger partial charge in [-0.05, 0) is 45.1 Å². The summed E-state index contributed by atoms with van der Waals surface area (Å²) in [6.45, 7) is 2.91. The van der Waals surface area contributed by atoms with Crippen molar-refractivity contribution in [3.63, 3.8) is 0 Å². The number of nitrogens with one attached hydrogen (secondary N) is 3. The van der Waals surface area contributed by atoms with E-state index in [9.17, 15) is 9.90 Å². The molecule has 0 bridgehead atoms. The molecule has 3 atom stereocenters. The van der Waals surface area contributed by atoms with E-state index < -0.39 is 6.10 Å². The van der Waals surface area contributed by atoms with Gasteiger partial charge in [-0.1, -0.05) is 18.2 Å². The van der Waals surface area contributed by atoms with E-state index in [0.717, 1.165) is 31.6 Å². The molecule has 2 aliphatic heterocycles. The number of urea groups is 1. The molecule has 2 saturated heterocycles. The van der Waals surface area contributed by atoms with Gasteiger partial charge in [-0.3, -0.25) is 0 Å². The summed E-state index contributed by atoms with van der Waals surface area (Å²) in [6, 6.07) is 9.31. The molecule has 7 nitrogen and oxygen atoms in total. The average Bonchev–Trinajstić information content (AvgIpc) is 2.96. The predicted octanol–water partition coefficient (Wildman–Crippen LogP) is 0.620. The lowest BCUT2D eigenvalue weighted by Crippen LogP contribution is -2.51. The second-order valence-electron chi connectivity index (χ2n) is 6.91. The summed E-state index contributed by atoms with van der Waals surface area (Å²) < 4.78 is 5.68. The van der Waals surface area contributed by atoms with Crippen LogP contribution in [-0.4, -0.2) is 73.6 Å². The molecule has 2 amide bonds. The van der Waals surface area contributed by atoms with Gasteiger partial charge in [0.2, 0.25) is 0 Å². The Morgan fingerprint density at radius 1 is 1.28 bits per heavy atom. The summed E-state index contributed by atoms with van der Waals surface area (Å²) in [5, 5.41) is 19.5. The highest BCUT2D eigenvalue weighted by molar-refractivity contribution is 5.89. The van der Waals surface area contributed by atoms with Crippen LogP contribution >= 0.6 is 0 Å². The van der Waals surface area contributed by atoms with Crippen LogP contribution in [0.1, 0.15) is 12.8 Å². The number of benzene rings is 1. The number of carbonyl (C=O) groups is 1. The lowest BCUT2D eigenvalue weighted by Gasteiger charge is -2.32. The number of rotatable bonds is 5. The Hall–Kier alpha value is -1.67. The summed E-state index contributed by atoms with van der Waals surface area (Å²) in [5.41, 5.74) is 0.731. The lowest BCUT2D eigenvalue weighted by atomic mass is 10.0. The fourth-order valence-electron chi connectivity index (χ4n) is 3.38. The number of likely N-dealkylation sites (tertiary alicyclic amines) is 1. The SMILES string of the molecule is CN1CCC(N[C@@H]2CO[C@H](CNC(=O)Nc3ccccc3)[C@H]2O)CC1. The molecule has 2 fully saturated rings. The maximum Gasteiger partial charge on any atom is 0.319 e. The van der Waals surface area contributed by atoms with Crippen molar-refractivity contribution in [3.05, 3.63) is 30.3 Å². The number of hydrogen-bond acceptors (Lipinski definition) is 5.